The third-order valence-corrected chi connectivity index (χ3v) is 8.62. The van der Waals surface area contributed by atoms with Crippen LogP contribution in [0.15, 0.2) is 52.3 Å². The number of aromatic nitrogens is 2. The average Bonchev–Trinajstić information content (AvgIpc) is 3.14. The molecule has 2 aliphatic heterocycles. The number of piperidine rings is 1. The maximum atomic E-state index is 13.8. The molecule has 2 aliphatic rings. The number of thiocarbonyl (C=S) groups is 1. The molecule has 0 N–H and O–H groups in total. The summed E-state index contributed by atoms with van der Waals surface area (Å²) < 4.78 is 2.02. The van der Waals surface area contributed by atoms with Crippen molar-refractivity contribution >= 4 is 63.3 Å². The number of carbonyl (C=O) groups is 1. The standard InChI is InChI=1S/C27H27ClN4O2S2/c1-3-19-11-6-7-13-30(19)24-20(25(33)31-14-8-9-17(2)23(31)29-24)15-22-26(34)32(27(35)36-22)16-18-10-4-5-12-21(18)28/h4-5,8-10,12,14-15,19H,3,6-7,11,13,16H2,1-2H3. The minimum absolute atomic E-state index is 0.185. The van der Waals surface area contributed by atoms with Crippen molar-refractivity contribution in [1.82, 2.24) is 14.3 Å². The lowest BCUT2D eigenvalue weighted by Gasteiger charge is -2.37. The summed E-state index contributed by atoms with van der Waals surface area (Å²) in [6.07, 6.45) is 7.65. The van der Waals surface area contributed by atoms with E-state index in [1.807, 2.05) is 37.3 Å². The highest BCUT2D eigenvalue weighted by Gasteiger charge is 2.34. The second-order valence-corrected chi connectivity index (χ2v) is 11.2. The number of hydrogen-bond acceptors (Lipinski definition) is 6. The fraction of sp³-hybridized carbons (Fsp3) is 0.333. The maximum Gasteiger partial charge on any atom is 0.267 e. The van der Waals surface area contributed by atoms with Crippen molar-refractivity contribution in [3.63, 3.8) is 0 Å². The zero-order chi connectivity index (χ0) is 25.4. The molecule has 9 heteroatoms. The summed E-state index contributed by atoms with van der Waals surface area (Å²) >= 11 is 13.1. The van der Waals surface area contributed by atoms with Crippen molar-refractivity contribution in [1.29, 1.82) is 0 Å². The van der Waals surface area contributed by atoms with Crippen LogP contribution in [0.2, 0.25) is 5.02 Å². The van der Waals surface area contributed by atoms with Crippen LogP contribution in [0.1, 0.15) is 49.3 Å². The summed E-state index contributed by atoms with van der Waals surface area (Å²) in [6.45, 7) is 5.24. The van der Waals surface area contributed by atoms with Crippen LogP contribution in [0.25, 0.3) is 11.7 Å². The van der Waals surface area contributed by atoms with E-state index in [2.05, 4.69) is 11.8 Å². The van der Waals surface area contributed by atoms with Crippen LogP contribution < -0.4 is 10.5 Å². The summed E-state index contributed by atoms with van der Waals surface area (Å²) in [7, 11) is 0. The van der Waals surface area contributed by atoms with Gasteiger partial charge in [0.15, 0.2) is 0 Å². The summed E-state index contributed by atoms with van der Waals surface area (Å²) in [5, 5.41) is 0.584. The zero-order valence-electron chi connectivity index (χ0n) is 20.2. The third kappa shape index (κ3) is 4.58. The molecule has 2 saturated heterocycles. The number of anilines is 1. The van der Waals surface area contributed by atoms with Gasteiger partial charge in [-0.25, -0.2) is 4.98 Å². The van der Waals surface area contributed by atoms with Gasteiger partial charge >= 0.3 is 0 Å². The van der Waals surface area contributed by atoms with Gasteiger partial charge in [0.1, 0.15) is 15.8 Å². The fourth-order valence-corrected chi connectivity index (χ4v) is 6.35. The minimum Gasteiger partial charge on any atom is -0.353 e. The second-order valence-electron chi connectivity index (χ2n) is 9.15. The monoisotopic (exact) mass is 538 g/mol. The lowest BCUT2D eigenvalue weighted by atomic mass is 9.99. The molecule has 4 heterocycles. The first-order chi connectivity index (χ1) is 17.4. The molecule has 2 aromatic heterocycles. The Labute approximate surface area is 225 Å². The molecule has 2 fully saturated rings. The van der Waals surface area contributed by atoms with Gasteiger partial charge in [0.2, 0.25) is 0 Å². The lowest BCUT2D eigenvalue weighted by Crippen LogP contribution is -2.41. The van der Waals surface area contributed by atoms with E-state index in [1.54, 1.807) is 27.6 Å². The van der Waals surface area contributed by atoms with Gasteiger partial charge in [0.05, 0.1) is 17.0 Å². The highest BCUT2D eigenvalue weighted by molar-refractivity contribution is 8.26. The van der Waals surface area contributed by atoms with Crippen molar-refractivity contribution in [2.75, 3.05) is 11.4 Å². The van der Waals surface area contributed by atoms with Gasteiger partial charge in [0.25, 0.3) is 11.5 Å². The lowest BCUT2D eigenvalue weighted by molar-refractivity contribution is -0.122. The number of rotatable bonds is 5. The first kappa shape index (κ1) is 25.0. The quantitative estimate of drug-likeness (QED) is 0.301. The molecular formula is C27H27ClN4O2S2. The molecule has 0 radical (unpaired) electrons. The van der Waals surface area contributed by atoms with Gasteiger partial charge in [-0.05, 0) is 61.9 Å². The van der Waals surface area contributed by atoms with E-state index in [0.29, 0.717) is 37.3 Å². The van der Waals surface area contributed by atoms with E-state index in [9.17, 15) is 9.59 Å². The predicted octanol–water partition coefficient (Wildman–Crippen LogP) is 5.83. The van der Waals surface area contributed by atoms with Crippen molar-refractivity contribution in [3.8, 4) is 0 Å². The van der Waals surface area contributed by atoms with Gasteiger partial charge < -0.3 is 4.90 Å². The van der Waals surface area contributed by atoms with Crippen molar-refractivity contribution < 1.29 is 4.79 Å². The Kier molecular flexibility index (Phi) is 7.19. The van der Waals surface area contributed by atoms with Gasteiger partial charge in [-0.3, -0.25) is 18.9 Å². The normalized spacial score (nSPS) is 19.6. The Morgan fingerprint density at radius 1 is 1.19 bits per heavy atom. The first-order valence-electron chi connectivity index (χ1n) is 12.2. The predicted molar refractivity (Wildman–Crippen MR) is 152 cm³/mol. The number of nitrogens with zero attached hydrogens (tertiary/aromatic N) is 4. The van der Waals surface area contributed by atoms with Crippen molar-refractivity contribution in [2.24, 2.45) is 0 Å². The molecule has 1 atom stereocenters. The van der Waals surface area contributed by atoms with Gasteiger partial charge in [-0.2, -0.15) is 0 Å². The van der Waals surface area contributed by atoms with E-state index in [-0.39, 0.29) is 18.0 Å². The van der Waals surface area contributed by atoms with Gasteiger partial charge in [-0.15, -0.1) is 0 Å². The topological polar surface area (TPSA) is 57.9 Å². The van der Waals surface area contributed by atoms with Gasteiger partial charge in [0, 0.05) is 23.8 Å². The molecule has 5 rings (SSSR count). The van der Waals surface area contributed by atoms with Crippen LogP contribution in [0, 0.1) is 6.92 Å². The summed E-state index contributed by atoms with van der Waals surface area (Å²) in [5.74, 6) is 0.424. The number of aryl methyl sites for hydroxylation is 1. The fourth-order valence-electron chi connectivity index (χ4n) is 4.91. The summed E-state index contributed by atoms with van der Waals surface area (Å²) in [5.41, 5.74) is 2.63. The molecule has 0 bridgehead atoms. The number of benzene rings is 1. The van der Waals surface area contributed by atoms with Crippen LogP contribution in [0.3, 0.4) is 0 Å². The number of amides is 1. The van der Waals surface area contributed by atoms with Crippen LogP contribution in [-0.2, 0) is 11.3 Å². The number of halogens is 1. The van der Waals surface area contributed by atoms with E-state index in [0.717, 1.165) is 43.4 Å². The Morgan fingerprint density at radius 3 is 2.78 bits per heavy atom. The molecule has 0 aliphatic carbocycles. The minimum atomic E-state index is -0.227. The second kappa shape index (κ2) is 10.4. The number of hydrogen-bond donors (Lipinski definition) is 0. The molecule has 1 amide bonds. The number of pyridine rings is 1. The molecular weight excluding hydrogens is 512 g/mol. The Morgan fingerprint density at radius 2 is 2.00 bits per heavy atom. The molecule has 0 spiro atoms. The zero-order valence-corrected chi connectivity index (χ0v) is 22.6. The highest BCUT2D eigenvalue weighted by atomic mass is 35.5. The molecule has 36 heavy (non-hydrogen) atoms. The van der Waals surface area contributed by atoms with E-state index in [4.69, 9.17) is 28.8 Å². The maximum absolute atomic E-state index is 13.8. The third-order valence-electron chi connectivity index (χ3n) is 6.87. The number of carbonyl (C=O) groups excluding carboxylic acids is 1. The number of thioether (sulfide) groups is 1. The average molecular weight is 539 g/mol. The first-order valence-corrected chi connectivity index (χ1v) is 13.8. The molecule has 0 saturated carbocycles. The molecule has 1 aromatic carbocycles. The SMILES string of the molecule is CCC1CCCCN1c1nc2c(C)cccn2c(=O)c1C=C1SC(=S)N(Cc2ccccc2Cl)C1=O. The van der Waals surface area contributed by atoms with Gasteiger partial charge in [-0.1, -0.05) is 66.8 Å². The summed E-state index contributed by atoms with van der Waals surface area (Å²) in [4.78, 5) is 36.5. The molecule has 3 aromatic rings. The largest absolute Gasteiger partial charge is 0.353 e. The molecule has 6 nitrogen and oxygen atoms in total. The van der Waals surface area contributed by atoms with E-state index >= 15 is 0 Å². The molecule has 1 unspecified atom stereocenters. The van der Waals surface area contributed by atoms with E-state index < -0.39 is 0 Å². The van der Waals surface area contributed by atoms with E-state index in [1.165, 1.54) is 11.8 Å². The highest BCUT2D eigenvalue weighted by Crippen LogP contribution is 2.36. The van der Waals surface area contributed by atoms with Crippen molar-refractivity contribution in [2.45, 2.75) is 52.1 Å². The van der Waals surface area contributed by atoms with Crippen LogP contribution in [0.5, 0.6) is 0 Å². The Balaban J connectivity index is 1.61. The Hall–Kier alpha value is -2.68. The number of fused-ring (bicyclic) bond motifs is 1. The van der Waals surface area contributed by atoms with Crippen LogP contribution in [-0.4, -0.2) is 37.1 Å². The Bertz CT molecular complexity index is 1450. The smallest absolute Gasteiger partial charge is 0.267 e. The van der Waals surface area contributed by atoms with Crippen LogP contribution in [0.4, 0.5) is 5.82 Å². The summed E-state index contributed by atoms with van der Waals surface area (Å²) in [6, 6.07) is 11.5. The molecule has 186 valence electrons. The van der Waals surface area contributed by atoms with Crippen molar-refractivity contribution in [3.05, 3.63) is 79.6 Å². The van der Waals surface area contributed by atoms with Crippen LogP contribution >= 0.6 is 35.6 Å².